The number of hydrogen-bond donors (Lipinski definition) is 10. The summed E-state index contributed by atoms with van der Waals surface area (Å²) in [5.41, 5.74) is 9.06. The van der Waals surface area contributed by atoms with E-state index in [1.807, 2.05) is 146 Å². The molecule has 0 radical (unpaired) electrons. The van der Waals surface area contributed by atoms with E-state index in [9.17, 15) is 50.4 Å². The van der Waals surface area contributed by atoms with Crippen LogP contribution < -0.4 is 10.6 Å². The predicted molar refractivity (Wildman–Crippen MR) is 370 cm³/mol. The number of phenols is 8. The molecule has 0 spiro atoms. The number of phenolic OH excluding ortho intramolecular Hbond substituents is 8. The van der Waals surface area contributed by atoms with Gasteiger partial charge in [0.2, 0.25) is 0 Å². The summed E-state index contributed by atoms with van der Waals surface area (Å²) in [5.74, 6) is -0.378. The second-order valence-electron chi connectivity index (χ2n) is 25.4. The molecule has 10 N–H and O–H groups in total. The number of nitrogens with zero attached hydrogens (tertiary/aromatic N) is 2. The Kier molecular flexibility index (Phi) is 22.8. The number of fused-ring (bicyclic) bond motifs is 29. The first-order valence-corrected chi connectivity index (χ1v) is 34.5. The molecule has 2 aliphatic rings. The molecule has 0 saturated carbocycles. The van der Waals surface area contributed by atoms with Crippen molar-refractivity contribution >= 4 is 33.5 Å². The highest BCUT2D eigenvalue weighted by Crippen LogP contribution is 2.40. The third kappa shape index (κ3) is 16.1. The van der Waals surface area contributed by atoms with Gasteiger partial charge in [-0.1, -0.05) is 195 Å². The molecule has 0 amide bonds. The molecular weight excluding hydrogens is 1220 g/mol. The summed E-state index contributed by atoms with van der Waals surface area (Å²) in [7, 11) is 5.50. The summed E-state index contributed by atoms with van der Waals surface area (Å²) in [4.78, 5) is 31.9. The molecule has 0 aromatic heterocycles. The van der Waals surface area contributed by atoms with Crippen molar-refractivity contribution in [3.05, 3.63) is 235 Å². The average molecular weight is 1310 g/mol. The van der Waals surface area contributed by atoms with E-state index >= 15 is 0 Å². The van der Waals surface area contributed by atoms with Crippen molar-refractivity contribution in [2.24, 2.45) is 11.8 Å². The van der Waals surface area contributed by atoms with Crippen molar-refractivity contribution < 1.29 is 59.9 Å². The minimum atomic E-state index is -0.798. The van der Waals surface area contributed by atoms with E-state index in [1.54, 1.807) is 0 Å². The number of para-hydroxylation sites is 8. The van der Waals surface area contributed by atoms with Crippen LogP contribution in [0.3, 0.4) is 0 Å². The van der Waals surface area contributed by atoms with E-state index in [0.29, 0.717) is 89.0 Å². The number of aromatic hydroxyl groups is 8. The van der Waals surface area contributed by atoms with Gasteiger partial charge in [0, 0.05) is 124 Å². The van der Waals surface area contributed by atoms with E-state index in [0.717, 1.165) is 0 Å². The molecule has 4 atom stereocenters. The standard InChI is InChI=1S/C76H86N4O12S2/c1-45(2)65-37-77-63(75(89)91-5)43-93-94-44-64(76(90)92-6)78-38-66(46(3)4)80-41-61-29-13-25-57(73(61)87)35-53-21-9-17-49(69(53)83)31-47-15-7-19-51(67(47)81)33-55-23-11-27-59(71(55)85)39-79(65)40-60-28-12-24-56(72(60)86)34-52-20-8-16-48(68(52)82)32-50-18-10-22-54(70(50)84)36-58-26-14-30-62(42-80)74(58)88/h7-30,45-46,63-66,77-78,81-88H,31-44H2,1-6H3/t63-,64-,65+,66+/m1/s1. The fraction of sp³-hybridized carbons (Fsp3) is 0.342. The molecule has 0 unspecified atom stereocenters. The Morgan fingerprint density at radius 3 is 0.713 bits per heavy atom. The smallest absolute Gasteiger partial charge is 0.323 e. The lowest BCUT2D eigenvalue weighted by atomic mass is 9.93. The number of methoxy groups -OCH3 is 2. The number of ether oxygens (including phenoxy) is 2. The zero-order chi connectivity index (χ0) is 66.7. The van der Waals surface area contributed by atoms with Crippen molar-refractivity contribution in [3.63, 3.8) is 0 Å². The number of rotatable bonds is 4. The maximum atomic E-state index is 13.8. The molecule has 18 bridgehead atoms. The van der Waals surface area contributed by atoms with Crippen LogP contribution in [0, 0.1) is 11.8 Å². The van der Waals surface area contributed by atoms with Crippen LogP contribution in [0.2, 0.25) is 0 Å². The molecule has 0 saturated heterocycles. The lowest BCUT2D eigenvalue weighted by molar-refractivity contribution is -0.143. The third-order valence-corrected chi connectivity index (χ3v) is 21.0. The van der Waals surface area contributed by atoms with Crippen LogP contribution in [-0.4, -0.2) is 126 Å². The largest absolute Gasteiger partial charge is 0.507 e. The summed E-state index contributed by atoms with van der Waals surface area (Å²) >= 11 is 0. The van der Waals surface area contributed by atoms with E-state index in [1.165, 1.54) is 35.8 Å². The van der Waals surface area contributed by atoms with Gasteiger partial charge in [-0.25, -0.2) is 0 Å². The third-order valence-electron chi connectivity index (χ3n) is 18.6. The number of hydrogen-bond acceptors (Lipinski definition) is 18. The normalized spacial score (nSPS) is 19.7. The average Bonchev–Trinajstić information content (AvgIpc) is 0.830. The first-order valence-electron chi connectivity index (χ1n) is 32.0. The highest BCUT2D eigenvalue weighted by molar-refractivity contribution is 8.76. The molecule has 0 aliphatic carbocycles. The summed E-state index contributed by atoms with van der Waals surface area (Å²) in [6, 6.07) is 41.8. The lowest BCUT2D eigenvalue weighted by Crippen LogP contribution is -2.50. The van der Waals surface area contributed by atoms with Gasteiger partial charge in [-0.15, -0.1) is 0 Å². The first-order chi connectivity index (χ1) is 45.3. The van der Waals surface area contributed by atoms with Gasteiger partial charge < -0.3 is 61.0 Å². The van der Waals surface area contributed by atoms with Gasteiger partial charge in [-0.2, -0.15) is 0 Å². The maximum absolute atomic E-state index is 13.8. The zero-order valence-electron chi connectivity index (χ0n) is 54.1. The maximum Gasteiger partial charge on any atom is 0.323 e. The molecule has 10 rings (SSSR count). The van der Waals surface area contributed by atoms with Gasteiger partial charge in [-0.05, 0) is 78.6 Å². The van der Waals surface area contributed by atoms with Crippen molar-refractivity contribution in [1.82, 2.24) is 20.4 Å². The van der Waals surface area contributed by atoms with Crippen LogP contribution in [0.5, 0.6) is 46.0 Å². The first kappa shape index (κ1) is 68.5. The Morgan fingerprint density at radius 2 is 0.532 bits per heavy atom. The summed E-state index contributed by atoms with van der Waals surface area (Å²) < 4.78 is 10.8. The van der Waals surface area contributed by atoms with Crippen LogP contribution in [0.25, 0.3) is 0 Å². The Morgan fingerprint density at radius 1 is 0.351 bits per heavy atom. The topological polar surface area (TPSA) is 245 Å². The lowest BCUT2D eigenvalue weighted by Gasteiger charge is -2.36. The number of benzene rings is 8. The van der Waals surface area contributed by atoms with Crippen LogP contribution in [0.4, 0.5) is 0 Å². The molecule has 2 heterocycles. The predicted octanol–water partition coefficient (Wildman–Crippen LogP) is 11.9. The fourth-order valence-corrected chi connectivity index (χ4v) is 15.5. The minimum absolute atomic E-state index is 0.0230. The van der Waals surface area contributed by atoms with Gasteiger partial charge in [-0.3, -0.25) is 19.4 Å². The van der Waals surface area contributed by atoms with Crippen LogP contribution >= 0.6 is 21.6 Å². The molecule has 16 nitrogen and oxygen atoms in total. The van der Waals surface area contributed by atoms with E-state index in [-0.39, 0.29) is 159 Å². The minimum Gasteiger partial charge on any atom is -0.507 e. The number of carbonyl (C=O) groups excluding carboxylic acids is 2. The Labute approximate surface area is 558 Å². The summed E-state index contributed by atoms with van der Waals surface area (Å²) in [6.07, 6.45) is 0.995. The number of nitrogens with one attached hydrogen (secondary N) is 2. The van der Waals surface area contributed by atoms with E-state index in [4.69, 9.17) is 9.47 Å². The van der Waals surface area contributed by atoms with Gasteiger partial charge in [0.15, 0.2) is 0 Å². The monoisotopic (exact) mass is 1310 g/mol. The van der Waals surface area contributed by atoms with Crippen molar-refractivity contribution in [3.8, 4) is 46.0 Å². The molecule has 8 aromatic carbocycles. The van der Waals surface area contributed by atoms with Gasteiger partial charge in [0.1, 0.15) is 58.1 Å². The molecule has 18 heteroatoms. The molecule has 0 fully saturated rings. The molecule has 8 aromatic rings. The highest BCUT2D eigenvalue weighted by Gasteiger charge is 2.32. The van der Waals surface area contributed by atoms with E-state index in [2.05, 4.69) is 48.1 Å². The molecule has 494 valence electrons. The molecular formula is C76H86N4O12S2. The fourth-order valence-electron chi connectivity index (χ4n) is 13.1. The quantitative estimate of drug-likeness (QED) is 0.0581. The zero-order valence-corrected chi connectivity index (χ0v) is 55.8. The van der Waals surface area contributed by atoms with Crippen LogP contribution in [0.15, 0.2) is 146 Å². The molecule has 2 aliphatic heterocycles. The van der Waals surface area contributed by atoms with Crippen LogP contribution in [-0.2, 0) is 83.8 Å². The summed E-state index contributed by atoms with van der Waals surface area (Å²) in [6.45, 7) is 9.60. The second kappa shape index (κ2) is 31.3. The Balaban J connectivity index is 1.14. The second-order valence-corrected chi connectivity index (χ2v) is 28.0. The van der Waals surface area contributed by atoms with Crippen molar-refractivity contribution in [1.29, 1.82) is 0 Å². The Hall–Kier alpha value is -8.36. The van der Waals surface area contributed by atoms with Gasteiger partial charge in [0.25, 0.3) is 0 Å². The van der Waals surface area contributed by atoms with Crippen LogP contribution in [0.1, 0.15) is 117 Å². The number of esters is 2. The summed E-state index contributed by atoms with van der Waals surface area (Å²) in [5, 5.41) is 105. The Bertz CT molecular complexity index is 3530. The highest BCUT2D eigenvalue weighted by atomic mass is 33.1. The number of carbonyl (C=O) groups is 2. The molecule has 94 heavy (non-hydrogen) atoms. The van der Waals surface area contributed by atoms with Crippen molar-refractivity contribution in [2.75, 3.05) is 38.8 Å². The van der Waals surface area contributed by atoms with E-state index < -0.39 is 24.0 Å². The van der Waals surface area contributed by atoms with Gasteiger partial charge >= 0.3 is 11.9 Å². The van der Waals surface area contributed by atoms with Gasteiger partial charge in [0.05, 0.1) is 14.2 Å². The van der Waals surface area contributed by atoms with Crippen molar-refractivity contribution in [2.45, 2.75) is 117 Å². The SMILES string of the molecule is COC(=O)[C@H]1CSSC[C@H](C(=O)OC)NC[C@@H](C(C)C)N2Cc3cccc(c3O)Cc3cccc(c3O)Cc3cccc(c3O)Cc3cccc(c3O)CN(Cc3cccc(c3O)Cc3cccc(c3O)Cc3cccc(c3O)Cc3cccc(c3O)C2)[C@H](C(C)C)CN1.